The van der Waals surface area contributed by atoms with Crippen LogP contribution in [0.3, 0.4) is 0 Å². The zero-order chi connectivity index (χ0) is 12.8. The van der Waals surface area contributed by atoms with Crippen LogP contribution in [0.25, 0.3) is 0 Å². The van der Waals surface area contributed by atoms with Gasteiger partial charge < -0.3 is 4.90 Å². The number of nitrogens with zero attached hydrogens (tertiary/aromatic N) is 2. The average Bonchev–Trinajstić information content (AvgIpc) is 2.52. The molecule has 2 aliphatic rings. The highest BCUT2D eigenvalue weighted by molar-refractivity contribution is 6.45. The van der Waals surface area contributed by atoms with E-state index in [2.05, 4.69) is 30.7 Å². The van der Waals surface area contributed by atoms with Gasteiger partial charge in [-0.1, -0.05) is 20.8 Å². The molecule has 0 amide bonds. The Kier molecular flexibility index (Phi) is 2.93. The molecular formula is C14H24N2O. The zero-order valence-corrected chi connectivity index (χ0v) is 11.7. The molecule has 3 nitrogen and oxygen atoms in total. The van der Waals surface area contributed by atoms with E-state index >= 15 is 0 Å². The van der Waals surface area contributed by atoms with Crippen LogP contribution in [0, 0.1) is 16.7 Å². The number of carbonyl (C=O) groups excluding carboxylic acids is 1. The summed E-state index contributed by atoms with van der Waals surface area (Å²) in [4.78, 5) is 19.1. The number of hydrogen-bond donors (Lipinski definition) is 0. The predicted molar refractivity (Wildman–Crippen MR) is 70.5 cm³/mol. The van der Waals surface area contributed by atoms with E-state index in [0.29, 0.717) is 11.7 Å². The van der Waals surface area contributed by atoms with Gasteiger partial charge in [-0.2, -0.15) is 0 Å². The van der Waals surface area contributed by atoms with Gasteiger partial charge >= 0.3 is 0 Å². The second kappa shape index (κ2) is 3.91. The highest BCUT2D eigenvalue weighted by Gasteiger charge is 2.64. The van der Waals surface area contributed by atoms with E-state index in [-0.39, 0.29) is 10.8 Å². The molecule has 3 heteroatoms. The van der Waals surface area contributed by atoms with E-state index in [1.807, 2.05) is 14.1 Å². The third kappa shape index (κ3) is 1.67. The van der Waals surface area contributed by atoms with E-state index in [1.165, 1.54) is 0 Å². The van der Waals surface area contributed by atoms with Crippen LogP contribution in [0.5, 0.6) is 0 Å². The Labute approximate surface area is 104 Å². The summed E-state index contributed by atoms with van der Waals surface area (Å²) in [7, 11) is 4.07. The second-order valence-corrected chi connectivity index (χ2v) is 6.54. The molecular weight excluding hydrogens is 212 g/mol. The molecule has 2 bridgehead atoms. The van der Waals surface area contributed by atoms with Gasteiger partial charge in [-0.05, 0) is 32.4 Å². The average molecular weight is 236 g/mol. The first-order chi connectivity index (χ1) is 7.80. The fourth-order valence-corrected chi connectivity index (χ4v) is 3.38. The maximum Gasteiger partial charge on any atom is 0.183 e. The summed E-state index contributed by atoms with van der Waals surface area (Å²) >= 11 is 0. The molecule has 0 saturated heterocycles. The minimum atomic E-state index is -0.158. The Morgan fingerprint density at radius 3 is 2.47 bits per heavy atom. The van der Waals surface area contributed by atoms with Crippen molar-refractivity contribution in [3.8, 4) is 0 Å². The first-order valence-electron chi connectivity index (χ1n) is 6.54. The summed E-state index contributed by atoms with van der Waals surface area (Å²) in [5, 5.41) is 0. The number of aliphatic imine (C=N–C) groups is 1. The van der Waals surface area contributed by atoms with Crippen molar-refractivity contribution in [3.05, 3.63) is 0 Å². The highest BCUT2D eigenvalue weighted by Crippen LogP contribution is 2.62. The Hall–Kier alpha value is -0.700. The van der Waals surface area contributed by atoms with Crippen LogP contribution in [0.15, 0.2) is 4.99 Å². The quantitative estimate of drug-likeness (QED) is 0.751. The molecule has 0 spiro atoms. The summed E-state index contributed by atoms with van der Waals surface area (Å²) in [6.07, 6.45) is 2.17. The van der Waals surface area contributed by atoms with Gasteiger partial charge in [-0.25, -0.2) is 0 Å². The van der Waals surface area contributed by atoms with Gasteiger partial charge in [0, 0.05) is 17.9 Å². The van der Waals surface area contributed by atoms with Crippen molar-refractivity contribution in [3.63, 3.8) is 0 Å². The SMILES string of the molecule is CN(C)CCN=C1C(=O)C2(C)CCC1C2(C)C. The Morgan fingerprint density at radius 1 is 1.35 bits per heavy atom. The molecule has 2 atom stereocenters. The third-order valence-electron chi connectivity index (χ3n) is 5.12. The molecule has 17 heavy (non-hydrogen) atoms. The van der Waals surface area contributed by atoms with Crippen LogP contribution in [-0.4, -0.2) is 43.6 Å². The largest absolute Gasteiger partial charge is 0.308 e. The summed E-state index contributed by atoms with van der Waals surface area (Å²) in [5.41, 5.74) is 0.820. The number of hydrogen-bond acceptors (Lipinski definition) is 3. The van der Waals surface area contributed by atoms with Crippen molar-refractivity contribution in [1.29, 1.82) is 0 Å². The number of carbonyl (C=O) groups is 1. The standard InChI is InChI=1S/C14H24N2O/c1-13(2)10-6-7-14(13,3)12(17)11(10)15-8-9-16(4)5/h10H,6-9H2,1-5H3. The van der Waals surface area contributed by atoms with Crippen molar-refractivity contribution in [2.75, 3.05) is 27.2 Å². The van der Waals surface area contributed by atoms with Crippen molar-refractivity contribution < 1.29 is 4.79 Å². The van der Waals surface area contributed by atoms with Crippen LogP contribution in [0.2, 0.25) is 0 Å². The Bertz CT molecular complexity index is 370. The van der Waals surface area contributed by atoms with Gasteiger partial charge in [0.1, 0.15) is 0 Å². The maximum atomic E-state index is 12.4. The van der Waals surface area contributed by atoms with E-state index in [4.69, 9.17) is 0 Å². The van der Waals surface area contributed by atoms with Gasteiger partial charge in [0.2, 0.25) is 0 Å². The van der Waals surface area contributed by atoms with E-state index in [0.717, 1.165) is 31.6 Å². The number of likely N-dealkylation sites (N-methyl/N-ethyl adjacent to an activating group) is 1. The van der Waals surface area contributed by atoms with Crippen LogP contribution < -0.4 is 0 Å². The summed E-state index contributed by atoms with van der Waals surface area (Å²) in [5.74, 6) is 0.708. The fourth-order valence-electron chi connectivity index (χ4n) is 3.38. The van der Waals surface area contributed by atoms with Crippen LogP contribution in [0.4, 0.5) is 0 Å². The summed E-state index contributed by atoms with van der Waals surface area (Å²) in [6.45, 7) is 8.26. The predicted octanol–water partition coefficient (Wildman–Crippen LogP) is 2.01. The van der Waals surface area contributed by atoms with Gasteiger partial charge in [0.05, 0.1) is 12.3 Å². The van der Waals surface area contributed by atoms with Crippen LogP contribution in [-0.2, 0) is 4.79 Å². The Morgan fingerprint density at radius 2 is 2.00 bits per heavy atom. The van der Waals surface area contributed by atoms with Crippen molar-refractivity contribution in [1.82, 2.24) is 4.90 Å². The molecule has 0 radical (unpaired) electrons. The monoisotopic (exact) mass is 236 g/mol. The van der Waals surface area contributed by atoms with Crippen molar-refractivity contribution in [2.24, 2.45) is 21.7 Å². The molecule has 2 unspecified atom stereocenters. The number of fused-ring (bicyclic) bond motifs is 2. The van der Waals surface area contributed by atoms with Gasteiger partial charge in [-0.15, -0.1) is 0 Å². The molecule has 2 fully saturated rings. The number of ketones is 1. The first-order valence-corrected chi connectivity index (χ1v) is 6.54. The van der Waals surface area contributed by atoms with Gasteiger partial charge in [0.15, 0.2) is 5.78 Å². The molecule has 2 rings (SSSR count). The first kappa shape index (κ1) is 12.7. The molecule has 0 aromatic rings. The Balaban J connectivity index is 2.20. The number of rotatable bonds is 3. The third-order valence-corrected chi connectivity index (χ3v) is 5.12. The topological polar surface area (TPSA) is 32.7 Å². The smallest absolute Gasteiger partial charge is 0.183 e. The minimum Gasteiger partial charge on any atom is -0.308 e. The number of Topliss-reactive ketones (excluding diaryl/α,β-unsaturated/α-hetero) is 1. The van der Waals surface area contributed by atoms with Crippen molar-refractivity contribution in [2.45, 2.75) is 33.6 Å². The minimum absolute atomic E-state index is 0.0982. The van der Waals surface area contributed by atoms with E-state index in [9.17, 15) is 4.79 Å². The lowest BCUT2D eigenvalue weighted by molar-refractivity contribution is -0.123. The van der Waals surface area contributed by atoms with Crippen molar-refractivity contribution >= 4 is 11.5 Å². The normalized spacial score (nSPS) is 37.4. The lowest BCUT2D eigenvalue weighted by Gasteiger charge is -2.31. The molecule has 96 valence electrons. The summed E-state index contributed by atoms with van der Waals surface area (Å²) in [6, 6.07) is 0. The molecule has 0 heterocycles. The van der Waals surface area contributed by atoms with Crippen LogP contribution in [0.1, 0.15) is 33.6 Å². The fraction of sp³-hybridized carbons (Fsp3) is 0.857. The lowest BCUT2D eigenvalue weighted by atomic mass is 9.70. The molecule has 0 aromatic heterocycles. The van der Waals surface area contributed by atoms with Gasteiger partial charge in [0.25, 0.3) is 0 Å². The van der Waals surface area contributed by atoms with E-state index < -0.39 is 0 Å². The molecule has 0 aromatic carbocycles. The van der Waals surface area contributed by atoms with Crippen LogP contribution >= 0.6 is 0 Å². The highest BCUT2D eigenvalue weighted by atomic mass is 16.1. The molecule has 0 N–H and O–H groups in total. The molecule has 2 saturated carbocycles. The lowest BCUT2D eigenvalue weighted by Crippen LogP contribution is -2.33. The summed E-state index contributed by atoms with van der Waals surface area (Å²) < 4.78 is 0. The maximum absolute atomic E-state index is 12.4. The molecule has 0 aliphatic heterocycles. The second-order valence-electron chi connectivity index (χ2n) is 6.54. The van der Waals surface area contributed by atoms with E-state index in [1.54, 1.807) is 0 Å². The molecule has 2 aliphatic carbocycles. The zero-order valence-electron chi connectivity index (χ0n) is 11.7. The van der Waals surface area contributed by atoms with Gasteiger partial charge in [-0.3, -0.25) is 9.79 Å².